The molecule has 0 unspecified atom stereocenters. The number of para-hydroxylation sites is 1. The van der Waals surface area contributed by atoms with E-state index in [4.69, 9.17) is 4.98 Å². The van der Waals surface area contributed by atoms with Gasteiger partial charge in [-0.2, -0.15) is 0 Å². The van der Waals surface area contributed by atoms with E-state index in [9.17, 15) is 9.90 Å². The van der Waals surface area contributed by atoms with Gasteiger partial charge in [0.15, 0.2) is 0 Å². The Morgan fingerprint density at radius 2 is 2.06 bits per heavy atom. The number of β-amino-alcohol motifs (C(OH)–C–C–N with tert-alkyl or cyclic N) is 1. The average Bonchev–Trinajstić information content (AvgIpc) is 3.52. The first-order valence-corrected chi connectivity index (χ1v) is 12.0. The molecule has 0 bridgehead atoms. The number of thiazole rings is 1. The lowest BCUT2D eigenvalue weighted by molar-refractivity contribution is -0.137. The molecule has 3 aromatic heterocycles. The second-order valence-electron chi connectivity index (χ2n) is 8.17. The Balaban J connectivity index is 1.46. The Labute approximate surface area is 188 Å². The molecule has 1 N–H and O–H groups in total. The van der Waals surface area contributed by atoms with Gasteiger partial charge in [-0.25, -0.2) is 9.67 Å². The molecular weight excluding hydrogens is 430 g/mol. The molecule has 4 aromatic rings. The number of amides is 1. The summed E-state index contributed by atoms with van der Waals surface area (Å²) in [6, 6.07) is 11.2. The van der Waals surface area contributed by atoms with Gasteiger partial charge in [0.1, 0.15) is 16.7 Å². The molecule has 1 aliphatic rings. The molecule has 3 atom stereocenters. The molecule has 1 aromatic carbocycles. The predicted molar refractivity (Wildman–Crippen MR) is 122 cm³/mol. The van der Waals surface area contributed by atoms with Crippen molar-refractivity contribution in [2.45, 2.75) is 38.5 Å². The fourth-order valence-electron chi connectivity index (χ4n) is 4.15. The van der Waals surface area contributed by atoms with Crippen molar-refractivity contribution in [3.05, 3.63) is 53.0 Å². The molecule has 160 valence electrons. The van der Waals surface area contributed by atoms with Crippen molar-refractivity contribution in [3.63, 3.8) is 0 Å². The number of rotatable bonds is 5. The van der Waals surface area contributed by atoms with Crippen molar-refractivity contribution in [1.29, 1.82) is 0 Å². The Hall–Kier alpha value is -2.62. The zero-order valence-corrected chi connectivity index (χ0v) is 18.9. The highest BCUT2D eigenvalue weighted by Crippen LogP contribution is 2.38. The third-order valence-electron chi connectivity index (χ3n) is 5.61. The second-order valence-corrected chi connectivity index (χ2v) is 10.2. The minimum absolute atomic E-state index is 0.0131. The third-order valence-corrected chi connectivity index (χ3v) is 7.64. The lowest BCUT2D eigenvalue weighted by atomic mass is 10.0. The van der Waals surface area contributed by atoms with Gasteiger partial charge in [0, 0.05) is 13.0 Å². The summed E-state index contributed by atoms with van der Waals surface area (Å²) >= 11 is 3.18. The molecule has 0 saturated carbocycles. The molecule has 1 saturated heterocycles. The topological polar surface area (TPSA) is 84.1 Å². The second kappa shape index (κ2) is 8.14. The van der Waals surface area contributed by atoms with Crippen molar-refractivity contribution in [2.24, 2.45) is 5.92 Å². The van der Waals surface area contributed by atoms with Crippen molar-refractivity contribution in [2.75, 3.05) is 6.54 Å². The van der Waals surface area contributed by atoms with Crippen LogP contribution in [0.3, 0.4) is 0 Å². The number of aliphatic hydroxyl groups is 1. The Kier molecular flexibility index (Phi) is 5.33. The quantitative estimate of drug-likeness (QED) is 0.491. The van der Waals surface area contributed by atoms with Crippen LogP contribution in [0.4, 0.5) is 0 Å². The fraction of sp³-hybridized carbons (Fsp3) is 0.364. The van der Waals surface area contributed by atoms with Gasteiger partial charge in [0.2, 0.25) is 5.91 Å². The molecule has 7 nitrogen and oxygen atoms in total. The molecule has 5 rings (SSSR count). The summed E-state index contributed by atoms with van der Waals surface area (Å²) < 4.78 is 2.76. The van der Waals surface area contributed by atoms with Gasteiger partial charge in [-0.3, -0.25) is 4.79 Å². The average molecular weight is 454 g/mol. The molecule has 1 fully saturated rings. The molecule has 1 amide bonds. The van der Waals surface area contributed by atoms with Crippen molar-refractivity contribution in [1.82, 2.24) is 24.9 Å². The number of aromatic nitrogens is 4. The van der Waals surface area contributed by atoms with Crippen LogP contribution in [-0.4, -0.2) is 48.5 Å². The van der Waals surface area contributed by atoms with Gasteiger partial charge in [0.05, 0.1) is 33.4 Å². The summed E-state index contributed by atoms with van der Waals surface area (Å²) in [7, 11) is 0. The lowest BCUT2D eigenvalue weighted by Crippen LogP contribution is -2.40. The first-order valence-electron chi connectivity index (χ1n) is 10.3. The molecule has 1 aliphatic heterocycles. The summed E-state index contributed by atoms with van der Waals surface area (Å²) in [5, 5.41) is 21.9. The monoisotopic (exact) mass is 453 g/mol. The maximum atomic E-state index is 13.7. The number of carbonyl (C=O) groups is 1. The van der Waals surface area contributed by atoms with E-state index in [1.165, 1.54) is 0 Å². The van der Waals surface area contributed by atoms with E-state index >= 15 is 0 Å². The first kappa shape index (κ1) is 20.3. The minimum atomic E-state index is -0.564. The van der Waals surface area contributed by atoms with E-state index in [-0.39, 0.29) is 17.9 Å². The number of carbonyl (C=O) groups excluding carboxylic acids is 1. The zero-order chi connectivity index (χ0) is 21.5. The standard InChI is InChI=1S/C22H23N5O2S2/c1-13(2)20(27-12-16(24-25-27)18-8-5-9-30-18)22(29)26-11-14(28)10-17(26)21-23-15-6-3-4-7-19(15)31-21/h3-9,12-14,17,20,28H,10-11H2,1-2H3/t14-,17+,20+/m1/s1. The first-order chi connectivity index (χ1) is 15.0. The van der Waals surface area contributed by atoms with E-state index < -0.39 is 12.1 Å². The van der Waals surface area contributed by atoms with Crippen molar-refractivity contribution in [3.8, 4) is 10.6 Å². The summed E-state index contributed by atoms with van der Waals surface area (Å²) in [5.74, 6) is -0.0439. The summed E-state index contributed by atoms with van der Waals surface area (Å²) in [6.07, 6.45) is 1.77. The van der Waals surface area contributed by atoms with Crippen LogP contribution >= 0.6 is 22.7 Å². The van der Waals surface area contributed by atoms with Crippen LogP contribution in [0.25, 0.3) is 20.8 Å². The number of benzene rings is 1. The van der Waals surface area contributed by atoms with Gasteiger partial charge in [0.25, 0.3) is 0 Å². The van der Waals surface area contributed by atoms with Gasteiger partial charge in [-0.05, 0) is 29.5 Å². The zero-order valence-electron chi connectivity index (χ0n) is 17.3. The number of hydrogen-bond acceptors (Lipinski definition) is 7. The van der Waals surface area contributed by atoms with Crippen LogP contribution < -0.4 is 0 Å². The largest absolute Gasteiger partial charge is 0.391 e. The number of fused-ring (bicyclic) bond motifs is 1. The van der Waals surface area contributed by atoms with Crippen LogP contribution in [0.1, 0.15) is 37.4 Å². The van der Waals surface area contributed by atoms with Crippen LogP contribution in [0.15, 0.2) is 48.0 Å². The maximum Gasteiger partial charge on any atom is 0.248 e. The summed E-state index contributed by atoms with van der Waals surface area (Å²) in [6.45, 7) is 4.32. The van der Waals surface area contributed by atoms with Crippen LogP contribution in [0, 0.1) is 5.92 Å². The number of hydrogen-bond donors (Lipinski definition) is 1. The number of nitrogens with zero attached hydrogens (tertiary/aromatic N) is 5. The van der Waals surface area contributed by atoms with E-state index in [0.29, 0.717) is 13.0 Å². The Bertz CT molecular complexity index is 1170. The highest BCUT2D eigenvalue weighted by Gasteiger charge is 2.41. The SMILES string of the molecule is CC(C)[C@@H](C(=O)N1C[C@H](O)C[C@H]1c1nc2ccccc2s1)n1cc(-c2cccs2)nn1. The van der Waals surface area contributed by atoms with Gasteiger partial charge in [-0.1, -0.05) is 37.3 Å². The highest BCUT2D eigenvalue weighted by molar-refractivity contribution is 7.18. The normalized spacial score (nSPS) is 20.1. The van der Waals surface area contributed by atoms with Crippen LogP contribution in [-0.2, 0) is 4.79 Å². The van der Waals surface area contributed by atoms with E-state index in [1.807, 2.05) is 61.8 Å². The molecular formula is C22H23N5O2S2. The molecule has 31 heavy (non-hydrogen) atoms. The van der Waals surface area contributed by atoms with Crippen molar-refractivity contribution >= 4 is 38.8 Å². The van der Waals surface area contributed by atoms with E-state index in [1.54, 1.807) is 32.3 Å². The summed E-state index contributed by atoms with van der Waals surface area (Å²) in [5.41, 5.74) is 1.69. The van der Waals surface area contributed by atoms with E-state index in [0.717, 1.165) is 25.8 Å². The predicted octanol–water partition coefficient (Wildman–Crippen LogP) is 4.15. The number of thiophene rings is 1. The molecule has 0 radical (unpaired) electrons. The van der Waals surface area contributed by atoms with Crippen LogP contribution in [0.2, 0.25) is 0 Å². The molecule has 0 aliphatic carbocycles. The third kappa shape index (κ3) is 3.77. The molecule has 0 spiro atoms. The van der Waals surface area contributed by atoms with Gasteiger partial charge >= 0.3 is 0 Å². The number of aliphatic hydroxyl groups excluding tert-OH is 1. The molecule has 4 heterocycles. The van der Waals surface area contributed by atoms with Crippen LogP contribution in [0.5, 0.6) is 0 Å². The number of likely N-dealkylation sites (tertiary alicyclic amines) is 1. The Morgan fingerprint density at radius 3 is 2.81 bits per heavy atom. The minimum Gasteiger partial charge on any atom is -0.391 e. The van der Waals surface area contributed by atoms with Gasteiger partial charge in [-0.15, -0.1) is 27.8 Å². The molecule has 9 heteroatoms. The fourth-order valence-corrected chi connectivity index (χ4v) is 5.92. The Morgan fingerprint density at radius 1 is 1.23 bits per heavy atom. The lowest BCUT2D eigenvalue weighted by Gasteiger charge is -2.29. The maximum absolute atomic E-state index is 13.7. The smallest absolute Gasteiger partial charge is 0.248 e. The van der Waals surface area contributed by atoms with E-state index in [2.05, 4.69) is 10.3 Å². The summed E-state index contributed by atoms with van der Waals surface area (Å²) in [4.78, 5) is 21.3. The van der Waals surface area contributed by atoms with Gasteiger partial charge < -0.3 is 10.0 Å². The van der Waals surface area contributed by atoms with Crippen molar-refractivity contribution < 1.29 is 9.90 Å². The highest BCUT2D eigenvalue weighted by atomic mass is 32.1.